The minimum atomic E-state index is -0.422. The van der Waals surface area contributed by atoms with Gasteiger partial charge in [-0.15, -0.1) is 0 Å². The molecule has 0 spiro atoms. The third kappa shape index (κ3) is 1.59. The van der Waals surface area contributed by atoms with Crippen LogP contribution in [0.2, 0.25) is 5.02 Å². The van der Waals surface area contributed by atoms with Gasteiger partial charge in [0.1, 0.15) is 11.6 Å². The van der Waals surface area contributed by atoms with Crippen molar-refractivity contribution in [2.45, 2.75) is 0 Å². The number of ether oxygens (including phenoxy) is 1. The molecular weight excluding hydrogens is 179 g/mol. The molecule has 0 bridgehead atoms. The van der Waals surface area contributed by atoms with Crippen LogP contribution in [0.5, 0.6) is 5.75 Å². The second-order valence-electron chi connectivity index (χ2n) is 2.21. The molecule has 0 heterocycles. The van der Waals surface area contributed by atoms with Crippen molar-refractivity contribution in [1.29, 1.82) is 0 Å². The Morgan fingerprint density at radius 1 is 1.58 bits per heavy atom. The Hall–Kier alpha value is -1.02. The highest BCUT2D eigenvalue weighted by molar-refractivity contribution is 6.32. The van der Waals surface area contributed by atoms with E-state index in [2.05, 4.69) is 6.58 Å². The van der Waals surface area contributed by atoms with Crippen molar-refractivity contribution in [2.24, 2.45) is 0 Å². The molecule has 0 aliphatic carbocycles. The van der Waals surface area contributed by atoms with E-state index in [1.807, 2.05) is 0 Å². The van der Waals surface area contributed by atoms with E-state index in [1.54, 1.807) is 6.07 Å². The highest BCUT2D eigenvalue weighted by Crippen LogP contribution is 2.26. The monoisotopic (exact) mass is 186 g/mol. The Bertz CT molecular complexity index is 286. The van der Waals surface area contributed by atoms with Gasteiger partial charge in [0, 0.05) is 11.6 Å². The summed E-state index contributed by atoms with van der Waals surface area (Å²) in [7, 11) is 1.46. The first-order valence-electron chi connectivity index (χ1n) is 3.34. The first-order valence-corrected chi connectivity index (χ1v) is 3.72. The number of halogens is 2. The first kappa shape index (κ1) is 9.07. The lowest BCUT2D eigenvalue weighted by Crippen LogP contribution is -1.88. The Morgan fingerprint density at radius 3 is 2.67 bits per heavy atom. The fourth-order valence-corrected chi connectivity index (χ4v) is 1.15. The summed E-state index contributed by atoms with van der Waals surface area (Å²) >= 11 is 5.72. The third-order valence-electron chi connectivity index (χ3n) is 1.49. The summed E-state index contributed by atoms with van der Waals surface area (Å²) in [4.78, 5) is 0. The average Bonchev–Trinajstić information content (AvgIpc) is 2.03. The molecule has 64 valence electrons. The molecule has 0 unspecified atom stereocenters. The number of rotatable bonds is 2. The van der Waals surface area contributed by atoms with Gasteiger partial charge in [0.25, 0.3) is 0 Å². The molecule has 1 aromatic rings. The summed E-state index contributed by atoms with van der Waals surface area (Å²) in [5, 5.41) is 0.307. The first-order chi connectivity index (χ1) is 5.69. The van der Waals surface area contributed by atoms with Crippen molar-refractivity contribution >= 4 is 17.7 Å². The van der Waals surface area contributed by atoms with E-state index in [4.69, 9.17) is 16.3 Å². The lowest BCUT2D eigenvalue weighted by Gasteiger charge is -2.03. The molecule has 0 atom stereocenters. The second kappa shape index (κ2) is 3.59. The van der Waals surface area contributed by atoms with E-state index in [0.29, 0.717) is 16.3 Å². The molecule has 0 aliphatic rings. The maximum Gasteiger partial charge on any atom is 0.135 e. The predicted octanol–water partition coefficient (Wildman–Crippen LogP) is 3.13. The minimum absolute atomic E-state index is 0.303. The molecule has 0 amide bonds. The van der Waals surface area contributed by atoms with Gasteiger partial charge < -0.3 is 4.74 Å². The SMILES string of the molecule is C=Cc1c(F)cc(OC)cc1Cl. The number of benzene rings is 1. The lowest BCUT2D eigenvalue weighted by atomic mass is 10.2. The molecule has 0 saturated carbocycles. The summed E-state index contributed by atoms with van der Waals surface area (Å²) in [5.74, 6) is -0.0162. The molecule has 0 N–H and O–H groups in total. The number of hydrogen-bond donors (Lipinski definition) is 0. The van der Waals surface area contributed by atoms with Crippen LogP contribution in [0.3, 0.4) is 0 Å². The molecule has 0 radical (unpaired) electrons. The van der Waals surface area contributed by atoms with Gasteiger partial charge in [-0.2, -0.15) is 0 Å². The molecule has 0 fully saturated rings. The van der Waals surface area contributed by atoms with Gasteiger partial charge in [-0.3, -0.25) is 0 Å². The van der Waals surface area contributed by atoms with Gasteiger partial charge in [-0.1, -0.05) is 24.3 Å². The average molecular weight is 187 g/mol. The van der Waals surface area contributed by atoms with E-state index in [1.165, 1.54) is 19.3 Å². The largest absolute Gasteiger partial charge is 0.497 e. The normalized spacial score (nSPS) is 9.58. The van der Waals surface area contributed by atoms with Gasteiger partial charge in [0.2, 0.25) is 0 Å². The van der Waals surface area contributed by atoms with Crippen LogP contribution in [0.4, 0.5) is 4.39 Å². The van der Waals surface area contributed by atoms with Crippen molar-refractivity contribution in [3.63, 3.8) is 0 Å². The maximum absolute atomic E-state index is 13.1. The van der Waals surface area contributed by atoms with Gasteiger partial charge >= 0.3 is 0 Å². The molecule has 1 nitrogen and oxygen atoms in total. The van der Waals surface area contributed by atoms with Crippen LogP contribution in [0, 0.1) is 5.82 Å². The minimum Gasteiger partial charge on any atom is -0.497 e. The van der Waals surface area contributed by atoms with Gasteiger partial charge in [0.15, 0.2) is 0 Å². The summed E-state index contributed by atoms with van der Waals surface area (Å²) in [6, 6.07) is 2.81. The van der Waals surface area contributed by atoms with E-state index in [-0.39, 0.29) is 0 Å². The topological polar surface area (TPSA) is 9.23 Å². The zero-order valence-corrected chi connectivity index (χ0v) is 7.36. The van der Waals surface area contributed by atoms with Crippen LogP contribution < -0.4 is 4.74 Å². The molecule has 0 aromatic heterocycles. The molecule has 1 aromatic carbocycles. The molecule has 0 aliphatic heterocycles. The van der Waals surface area contributed by atoms with E-state index in [9.17, 15) is 4.39 Å². The van der Waals surface area contributed by atoms with Crippen molar-refractivity contribution in [3.8, 4) is 5.75 Å². The molecule has 0 saturated heterocycles. The van der Waals surface area contributed by atoms with Crippen LogP contribution in [0.1, 0.15) is 5.56 Å². The summed E-state index contributed by atoms with van der Waals surface area (Å²) < 4.78 is 17.9. The maximum atomic E-state index is 13.1. The van der Waals surface area contributed by atoms with Crippen molar-refractivity contribution in [2.75, 3.05) is 7.11 Å². The lowest BCUT2D eigenvalue weighted by molar-refractivity contribution is 0.411. The molecular formula is C9H8ClFO. The fraction of sp³-hybridized carbons (Fsp3) is 0.111. The Balaban J connectivity index is 3.27. The van der Waals surface area contributed by atoms with Crippen LogP contribution in [-0.4, -0.2) is 7.11 Å². The summed E-state index contributed by atoms with van der Waals surface area (Å²) in [5.41, 5.74) is 0.303. The van der Waals surface area contributed by atoms with Gasteiger partial charge in [-0.25, -0.2) is 4.39 Å². The van der Waals surface area contributed by atoms with Crippen molar-refractivity contribution < 1.29 is 9.13 Å². The van der Waals surface area contributed by atoms with Crippen molar-refractivity contribution in [1.82, 2.24) is 0 Å². The third-order valence-corrected chi connectivity index (χ3v) is 1.81. The van der Waals surface area contributed by atoms with Crippen molar-refractivity contribution in [3.05, 3.63) is 35.1 Å². The Morgan fingerprint density at radius 2 is 2.25 bits per heavy atom. The number of hydrogen-bond acceptors (Lipinski definition) is 1. The molecule has 1 rings (SSSR count). The smallest absolute Gasteiger partial charge is 0.135 e. The van der Waals surface area contributed by atoms with Gasteiger partial charge in [0.05, 0.1) is 12.1 Å². The zero-order chi connectivity index (χ0) is 9.14. The quantitative estimate of drug-likeness (QED) is 0.690. The second-order valence-corrected chi connectivity index (χ2v) is 2.62. The van der Waals surface area contributed by atoms with Gasteiger partial charge in [-0.05, 0) is 6.07 Å². The standard InChI is InChI=1S/C9H8ClFO/c1-3-7-8(10)4-6(12-2)5-9(7)11/h3-5H,1H2,2H3. The van der Waals surface area contributed by atoms with E-state index in [0.717, 1.165) is 0 Å². The highest BCUT2D eigenvalue weighted by atomic mass is 35.5. The number of methoxy groups -OCH3 is 1. The Labute approximate surface area is 75.4 Å². The van der Waals surface area contributed by atoms with Crippen LogP contribution in [0.25, 0.3) is 6.08 Å². The fourth-order valence-electron chi connectivity index (χ4n) is 0.874. The predicted molar refractivity (Wildman–Crippen MR) is 48.1 cm³/mol. The Kier molecular flexibility index (Phi) is 2.71. The molecule has 3 heteroatoms. The highest BCUT2D eigenvalue weighted by Gasteiger charge is 2.06. The van der Waals surface area contributed by atoms with Crippen LogP contribution in [0.15, 0.2) is 18.7 Å². The summed E-state index contributed by atoms with van der Waals surface area (Å²) in [6.07, 6.45) is 1.37. The summed E-state index contributed by atoms with van der Waals surface area (Å²) in [6.45, 7) is 3.44. The van der Waals surface area contributed by atoms with Crippen LogP contribution >= 0.6 is 11.6 Å². The van der Waals surface area contributed by atoms with E-state index >= 15 is 0 Å². The van der Waals surface area contributed by atoms with Crippen LogP contribution in [-0.2, 0) is 0 Å². The molecule has 12 heavy (non-hydrogen) atoms. The van der Waals surface area contributed by atoms with E-state index < -0.39 is 5.82 Å². The zero-order valence-electron chi connectivity index (χ0n) is 6.60.